The van der Waals surface area contributed by atoms with E-state index in [0.29, 0.717) is 42.6 Å². The molecule has 5 rings (SSSR count). The second kappa shape index (κ2) is 10.6. The molecule has 0 spiro atoms. The lowest BCUT2D eigenvalue weighted by Crippen LogP contribution is -2.35. The van der Waals surface area contributed by atoms with Gasteiger partial charge >= 0.3 is 0 Å². The normalized spacial score (nSPS) is 13.2. The van der Waals surface area contributed by atoms with Crippen molar-refractivity contribution >= 4 is 11.5 Å². The van der Waals surface area contributed by atoms with E-state index >= 15 is 0 Å². The molecular formula is C29H28N4O4. The molecule has 0 saturated carbocycles. The lowest BCUT2D eigenvalue weighted by Gasteiger charge is -2.27. The lowest BCUT2D eigenvalue weighted by molar-refractivity contribution is 0.0761. The average Bonchev–Trinajstić information content (AvgIpc) is 3.42. The van der Waals surface area contributed by atoms with Gasteiger partial charge in [-0.25, -0.2) is 9.67 Å². The summed E-state index contributed by atoms with van der Waals surface area (Å²) >= 11 is 0. The molecule has 1 aliphatic rings. The summed E-state index contributed by atoms with van der Waals surface area (Å²) in [4.78, 5) is 19.9. The largest absolute Gasteiger partial charge is 0.496 e. The molecule has 3 aromatic carbocycles. The number of methoxy groups -OCH3 is 3. The highest BCUT2D eigenvalue weighted by atomic mass is 16.5. The van der Waals surface area contributed by atoms with Gasteiger partial charge in [-0.15, -0.1) is 5.10 Å². The van der Waals surface area contributed by atoms with E-state index in [4.69, 9.17) is 14.2 Å². The Balaban J connectivity index is 1.44. The number of carbonyl (C=O) groups is 1. The van der Waals surface area contributed by atoms with Crippen LogP contribution in [0.4, 0.5) is 0 Å². The van der Waals surface area contributed by atoms with Crippen LogP contribution in [0.15, 0.2) is 78.9 Å². The zero-order chi connectivity index (χ0) is 25.8. The minimum atomic E-state index is -0.212. The van der Waals surface area contributed by atoms with Gasteiger partial charge in [0.25, 0.3) is 5.91 Å². The highest BCUT2D eigenvalue weighted by molar-refractivity contribution is 5.92. The Kier molecular flexibility index (Phi) is 6.89. The summed E-state index contributed by atoms with van der Waals surface area (Å²) in [5.74, 6) is 2.56. The second-order valence-corrected chi connectivity index (χ2v) is 8.51. The van der Waals surface area contributed by atoms with Gasteiger partial charge in [0, 0.05) is 30.8 Å². The molecule has 188 valence electrons. The Morgan fingerprint density at radius 3 is 2.08 bits per heavy atom. The first-order chi connectivity index (χ1) is 18.1. The molecule has 0 aliphatic carbocycles. The molecule has 0 atom stereocenters. The third-order valence-electron chi connectivity index (χ3n) is 6.36. The second-order valence-electron chi connectivity index (χ2n) is 8.51. The fourth-order valence-electron chi connectivity index (χ4n) is 4.47. The minimum Gasteiger partial charge on any atom is -0.496 e. The predicted octanol–water partition coefficient (Wildman–Crippen LogP) is 4.89. The van der Waals surface area contributed by atoms with E-state index in [-0.39, 0.29) is 11.7 Å². The maximum Gasteiger partial charge on any atom is 0.293 e. The van der Waals surface area contributed by atoms with Gasteiger partial charge in [0.2, 0.25) is 5.82 Å². The standard InChI is InChI=1S/C29H28N4O4/c1-35-23-18-24(36-2)26(25(19-23)37-3)20-14-16-32(17-15-20)29(34)27-30-28(21-10-6-4-7-11-21)33(31-27)22-12-8-5-9-13-22/h4-14,18-19H,15-17H2,1-3H3. The van der Waals surface area contributed by atoms with Gasteiger partial charge in [-0.1, -0.05) is 54.6 Å². The fraction of sp³-hybridized carbons (Fsp3) is 0.207. The lowest BCUT2D eigenvalue weighted by atomic mass is 9.97. The Hall–Kier alpha value is -4.59. The highest BCUT2D eigenvalue weighted by Gasteiger charge is 2.27. The number of hydrogen-bond acceptors (Lipinski definition) is 6. The van der Waals surface area contributed by atoms with E-state index in [1.165, 1.54) is 0 Å². The highest BCUT2D eigenvalue weighted by Crippen LogP contribution is 2.41. The molecular weight excluding hydrogens is 468 g/mol. The molecule has 1 aromatic heterocycles. The van der Waals surface area contributed by atoms with Crippen molar-refractivity contribution in [2.75, 3.05) is 34.4 Å². The molecule has 8 heteroatoms. The van der Waals surface area contributed by atoms with Crippen LogP contribution in [-0.4, -0.2) is 60.0 Å². The topological polar surface area (TPSA) is 78.7 Å². The van der Waals surface area contributed by atoms with Crippen LogP contribution in [0.3, 0.4) is 0 Å². The number of rotatable bonds is 7. The summed E-state index contributed by atoms with van der Waals surface area (Å²) in [6.07, 6.45) is 2.66. The molecule has 4 aromatic rings. The van der Waals surface area contributed by atoms with Gasteiger partial charge in [-0.2, -0.15) is 0 Å². The number of hydrogen-bond donors (Lipinski definition) is 0. The van der Waals surface area contributed by atoms with Crippen LogP contribution < -0.4 is 14.2 Å². The minimum absolute atomic E-state index is 0.166. The molecule has 0 radical (unpaired) electrons. The molecule has 37 heavy (non-hydrogen) atoms. The van der Waals surface area contributed by atoms with E-state index in [1.54, 1.807) is 30.9 Å². The van der Waals surface area contributed by atoms with E-state index in [2.05, 4.69) is 10.1 Å². The van der Waals surface area contributed by atoms with Gasteiger partial charge in [0.1, 0.15) is 17.2 Å². The van der Waals surface area contributed by atoms with Crippen molar-refractivity contribution < 1.29 is 19.0 Å². The summed E-state index contributed by atoms with van der Waals surface area (Å²) in [7, 11) is 4.85. The van der Waals surface area contributed by atoms with Crippen LogP contribution in [0.2, 0.25) is 0 Å². The number of carbonyl (C=O) groups excluding carboxylic acids is 1. The van der Waals surface area contributed by atoms with Gasteiger partial charge in [-0.3, -0.25) is 4.79 Å². The number of nitrogens with zero attached hydrogens (tertiary/aromatic N) is 4. The van der Waals surface area contributed by atoms with Crippen molar-refractivity contribution in [3.05, 3.63) is 90.3 Å². The van der Waals surface area contributed by atoms with E-state index in [9.17, 15) is 4.79 Å². The SMILES string of the molecule is COc1cc(OC)c(C2=CCN(C(=O)c3nc(-c4ccccc4)n(-c4ccccc4)n3)CC2)c(OC)c1. The predicted molar refractivity (Wildman–Crippen MR) is 141 cm³/mol. The van der Waals surface area contributed by atoms with Crippen molar-refractivity contribution in [3.63, 3.8) is 0 Å². The first kappa shape index (κ1) is 24.1. The van der Waals surface area contributed by atoms with Crippen LogP contribution in [0, 0.1) is 0 Å². The molecule has 1 aliphatic heterocycles. The smallest absolute Gasteiger partial charge is 0.293 e. The molecule has 0 N–H and O–H groups in total. The number of aromatic nitrogens is 3. The Morgan fingerprint density at radius 2 is 1.51 bits per heavy atom. The monoisotopic (exact) mass is 496 g/mol. The van der Waals surface area contributed by atoms with Crippen molar-refractivity contribution in [1.29, 1.82) is 0 Å². The van der Waals surface area contributed by atoms with E-state index in [0.717, 1.165) is 22.4 Å². The molecule has 0 bridgehead atoms. The zero-order valence-electron chi connectivity index (χ0n) is 21.0. The first-order valence-electron chi connectivity index (χ1n) is 12.0. The van der Waals surface area contributed by atoms with Crippen molar-refractivity contribution in [2.45, 2.75) is 6.42 Å². The third-order valence-corrected chi connectivity index (χ3v) is 6.36. The fourth-order valence-corrected chi connectivity index (χ4v) is 4.47. The van der Waals surface area contributed by atoms with Gasteiger partial charge in [0.05, 0.1) is 32.6 Å². The molecule has 1 amide bonds. The van der Waals surface area contributed by atoms with Crippen LogP contribution >= 0.6 is 0 Å². The molecule has 0 fully saturated rings. The van der Waals surface area contributed by atoms with Crippen molar-refractivity contribution in [3.8, 4) is 34.3 Å². The summed E-state index contributed by atoms with van der Waals surface area (Å²) in [6.45, 7) is 0.941. The zero-order valence-corrected chi connectivity index (χ0v) is 21.0. The summed E-state index contributed by atoms with van der Waals surface area (Å²) in [5, 5.41) is 4.62. The van der Waals surface area contributed by atoms with Gasteiger partial charge < -0.3 is 19.1 Å². The molecule has 2 heterocycles. The Bertz CT molecular complexity index is 1350. The number of amides is 1. The summed E-state index contributed by atoms with van der Waals surface area (Å²) in [5.41, 5.74) is 3.65. The van der Waals surface area contributed by atoms with Crippen LogP contribution in [0.1, 0.15) is 22.6 Å². The number of para-hydroxylation sites is 1. The van der Waals surface area contributed by atoms with Crippen LogP contribution in [0.25, 0.3) is 22.6 Å². The molecule has 8 nitrogen and oxygen atoms in total. The quantitative estimate of drug-likeness (QED) is 0.363. The van der Waals surface area contributed by atoms with Crippen LogP contribution in [-0.2, 0) is 0 Å². The van der Waals surface area contributed by atoms with Crippen molar-refractivity contribution in [1.82, 2.24) is 19.7 Å². The first-order valence-corrected chi connectivity index (χ1v) is 12.0. The van der Waals surface area contributed by atoms with Gasteiger partial charge in [0.15, 0.2) is 5.82 Å². The Morgan fingerprint density at radius 1 is 0.865 bits per heavy atom. The van der Waals surface area contributed by atoms with E-state index in [1.807, 2.05) is 78.9 Å². The third kappa shape index (κ3) is 4.78. The number of benzene rings is 3. The molecule has 0 saturated heterocycles. The van der Waals surface area contributed by atoms with E-state index < -0.39 is 0 Å². The summed E-state index contributed by atoms with van der Waals surface area (Å²) < 4.78 is 18.3. The number of ether oxygens (including phenoxy) is 3. The van der Waals surface area contributed by atoms with Crippen LogP contribution in [0.5, 0.6) is 17.2 Å². The molecule has 0 unspecified atom stereocenters. The van der Waals surface area contributed by atoms with Gasteiger partial charge in [-0.05, 0) is 24.1 Å². The Labute approximate surface area is 215 Å². The maximum atomic E-state index is 13.5. The maximum absolute atomic E-state index is 13.5. The van der Waals surface area contributed by atoms with Crippen molar-refractivity contribution in [2.24, 2.45) is 0 Å². The summed E-state index contributed by atoms with van der Waals surface area (Å²) in [6, 6.07) is 23.1. The average molecular weight is 497 g/mol.